The van der Waals surface area contributed by atoms with E-state index in [9.17, 15) is 4.79 Å². The van der Waals surface area contributed by atoms with Crippen LogP contribution in [0.2, 0.25) is 0 Å². The number of rotatable bonds is 4. The molecule has 0 spiro atoms. The van der Waals surface area contributed by atoms with Crippen molar-refractivity contribution in [1.82, 2.24) is 30.5 Å². The molecule has 0 aliphatic rings. The fourth-order valence-corrected chi connectivity index (χ4v) is 2.35. The minimum atomic E-state index is -0.0541. The van der Waals surface area contributed by atoms with E-state index in [1.54, 1.807) is 11.9 Å². The van der Waals surface area contributed by atoms with Gasteiger partial charge in [-0.2, -0.15) is 5.21 Å². The van der Waals surface area contributed by atoms with Crippen LogP contribution in [0.1, 0.15) is 29.2 Å². The smallest absolute Gasteiger partial charge is 0.270 e. The second-order valence-corrected chi connectivity index (χ2v) is 5.13. The van der Waals surface area contributed by atoms with Crippen LogP contribution >= 0.6 is 0 Å². The summed E-state index contributed by atoms with van der Waals surface area (Å²) in [6.07, 6.45) is 0. The van der Waals surface area contributed by atoms with E-state index in [1.165, 1.54) is 0 Å². The highest BCUT2D eigenvalue weighted by Crippen LogP contribution is 2.17. The summed E-state index contributed by atoms with van der Waals surface area (Å²) in [5.41, 5.74) is 1.54. The molecule has 0 bridgehead atoms. The maximum atomic E-state index is 12.4. The number of carbonyl (C=O) groups excluding carboxylic acids is 1. The maximum Gasteiger partial charge on any atom is 0.270 e. The van der Waals surface area contributed by atoms with Crippen molar-refractivity contribution in [3.05, 3.63) is 41.9 Å². The summed E-state index contributed by atoms with van der Waals surface area (Å²) in [6.45, 7) is 2.48. The molecule has 2 N–H and O–H groups in total. The zero-order valence-corrected chi connectivity index (χ0v) is 11.9. The maximum absolute atomic E-state index is 12.4. The highest BCUT2D eigenvalue weighted by Gasteiger charge is 2.19. The average Bonchev–Trinajstić information content (AvgIpc) is 3.15. The fourth-order valence-electron chi connectivity index (χ4n) is 2.35. The van der Waals surface area contributed by atoms with Gasteiger partial charge in [-0.1, -0.05) is 30.3 Å². The highest BCUT2D eigenvalue weighted by atomic mass is 16.2. The van der Waals surface area contributed by atoms with E-state index in [0.717, 1.165) is 10.9 Å². The molecule has 7 nitrogen and oxygen atoms in total. The summed E-state index contributed by atoms with van der Waals surface area (Å²) in [5, 5.41) is 14.9. The predicted octanol–water partition coefficient (Wildman–Crippen LogP) is 1.56. The van der Waals surface area contributed by atoms with Gasteiger partial charge in [0.15, 0.2) is 5.82 Å². The highest BCUT2D eigenvalue weighted by molar-refractivity contribution is 5.97. The fraction of sp³-hybridized carbons (Fsp3) is 0.286. The Bertz CT molecular complexity index is 715. The van der Waals surface area contributed by atoms with Crippen LogP contribution in [0.4, 0.5) is 0 Å². The molecular formula is C14H16N6O. The number of hydrogen-bond acceptors (Lipinski definition) is 4. The lowest BCUT2D eigenvalue weighted by Gasteiger charge is -2.19. The van der Waals surface area contributed by atoms with Gasteiger partial charge in [0.05, 0.1) is 0 Å². The zero-order chi connectivity index (χ0) is 14.8. The summed E-state index contributed by atoms with van der Waals surface area (Å²) in [5.74, 6) is 0.565. The minimum absolute atomic E-state index is 0.0158. The van der Waals surface area contributed by atoms with Crippen molar-refractivity contribution < 1.29 is 4.79 Å². The predicted molar refractivity (Wildman–Crippen MR) is 77.9 cm³/mol. The SMILES string of the molecule is CC(CN(C)C(=O)c1cc2ccccc2[nH]1)c1nn[nH]n1. The summed E-state index contributed by atoms with van der Waals surface area (Å²) in [7, 11) is 1.77. The summed E-state index contributed by atoms with van der Waals surface area (Å²) < 4.78 is 0. The number of fused-ring (bicyclic) bond motifs is 1. The van der Waals surface area contributed by atoms with Gasteiger partial charge in [-0.25, -0.2) is 0 Å². The largest absolute Gasteiger partial charge is 0.351 e. The van der Waals surface area contributed by atoms with Crippen molar-refractivity contribution >= 4 is 16.8 Å². The quantitative estimate of drug-likeness (QED) is 0.760. The van der Waals surface area contributed by atoms with Crippen LogP contribution in [0.15, 0.2) is 30.3 Å². The van der Waals surface area contributed by atoms with Crippen molar-refractivity contribution in [2.24, 2.45) is 0 Å². The number of nitrogens with zero attached hydrogens (tertiary/aromatic N) is 4. The molecule has 0 saturated carbocycles. The third-order valence-corrected chi connectivity index (χ3v) is 3.46. The Labute approximate surface area is 121 Å². The first kappa shape index (κ1) is 13.3. The van der Waals surface area contributed by atoms with E-state index in [1.807, 2.05) is 37.3 Å². The van der Waals surface area contributed by atoms with Crippen molar-refractivity contribution in [3.8, 4) is 0 Å². The Hall–Kier alpha value is -2.70. The lowest BCUT2D eigenvalue weighted by molar-refractivity contribution is 0.0782. The number of tetrazole rings is 1. The van der Waals surface area contributed by atoms with E-state index < -0.39 is 0 Å². The lowest BCUT2D eigenvalue weighted by Crippen LogP contribution is -2.30. The second kappa shape index (κ2) is 5.35. The Kier molecular flexibility index (Phi) is 3.39. The van der Waals surface area contributed by atoms with Crippen LogP contribution in [0.3, 0.4) is 0 Å². The molecule has 1 atom stereocenters. The van der Waals surface area contributed by atoms with Crippen molar-refractivity contribution in [2.45, 2.75) is 12.8 Å². The lowest BCUT2D eigenvalue weighted by atomic mass is 10.1. The topological polar surface area (TPSA) is 90.6 Å². The standard InChI is InChI=1S/C14H16N6O/c1-9(13-16-18-19-17-13)8-20(2)14(21)12-7-10-5-3-4-6-11(10)15-12/h3-7,9,15H,8H2,1-2H3,(H,16,17,18,19). The Balaban J connectivity index is 1.74. The molecular weight excluding hydrogens is 268 g/mol. The molecule has 0 saturated heterocycles. The third-order valence-electron chi connectivity index (χ3n) is 3.46. The van der Waals surface area contributed by atoms with Crippen molar-refractivity contribution in [2.75, 3.05) is 13.6 Å². The average molecular weight is 284 g/mol. The molecule has 0 aliphatic carbocycles. The second-order valence-electron chi connectivity index (χ2n) is 5.13. The summed E-state index contributed by atoms with van der Waals surface area (Å²) >= 11 is 0. The minimum Gasteiger partial charge on any atom is -0.351 e. The molecule has 3 rings (SSSR count). The van der Waals surface area contributed by atoms with E-state index >= 15 is 0 Å². The monoisotopic (exact) mass is 284 g/mol. The normalized spacial score (nSPS) is 12.5. The molecule has 0 radical (unpaired) electrons. The van der Waals surface area contributed by atoms with Crippen LogP contribution in [0.25, 0.3) is 10.9 Å². The van der Waals surface area contributed by atoms with Gasteiger partial charge in [0.1, 0.15) is 5.69 Å². The first-order valence-electron chi connectivity index (χ1n) is 6.71. The van der Waals surface area contributed by atoms with Crippen LogP contribution in [0, 0.1) is 0 Å². The molecule has 3 aromatic rings. The molecule has 0 aliphatic heterocycles. The number of amides is 1. The molecule has 0 fully saturated rings. The Morgan fingerprint density at radius 1 is 1.38 bits per heavy atom. The van der Waals surface area contributed by atoms with Crippen LogP contribution in [-0.4, -0.2) is 50.0 Å². The van der Waals surface area contributed by atoms with E-state index in [0.29, 0.717) is 18.1 Å². The molecule has 1 aromatic carbocycles. The first-order chi connectivity index (χ1) is 10.1. The molecule has 1 amide bonds. The Morgan fingerprint density at radius 2 is 2.19 bits per heavy atom. The number of aromatic nitrogens is 5. The molecule has 1 unspecified atom stereocenters. The summed E-state index contributed by atoms with van der Waals surface area (Å²) in [6, 6.07) is 9.69. The number of hydrogen-bond donors (Lipinski definition) is 2. The number of H-pyrrole nitrogens is 2. The van der Waals surface area contributed by atoms with E-state index in [4.69, 9.17) is 0 Å². The molecule has 7 heteroatoms. The third kappa shape index (κ3) is 2.62. The van der Waals surface area contributed by atoms with Gasteiger partial charge in [-0.3, -0.25) is 4.79 Å². The van der Waals surface area contributed by atoms with E-state index in [2.05, 4.69) is 25.6 Å². The zero-order valence-electron chi connectivity index (χ0n) is 11.9. The van der Waals surface area contributed by atoms with Gasteiger partial charge in [-0.15, -0.1) is 10.2 Å². The Morgan fingerprint density at radius 3 is 2.90 bits per heavy atom. The van der Waals surface area contributed by atoms with Gasteiger partial charge >= 0.3 is 0 Å². The first-order valence-corrected chi connectivity index (χ1v) is 6.71. The van der Waals surface area contributed by atoms with Gasteiger partial charge in [-0.05, 0) is 12.1 Å². The van der Waals surface area contributed by atoms with Gasteiger partial charge in [0.25, 0.3) is 5.91 Å². The number of carbonyl (C=O) groups is 1. The molecule has 2 aromatic heterocycles. The van der Waals surface area contributed by atoms with Crippen LogP contribution in [-0.2, 0) is 0 Å². The van der Waals surface area contributed by atoms with Crippen molar-refractivity contribution in [1.29, 1.82) is 0 Å². The molecule has 2 heterocycles. The van der Waals surface area contributed by atoms with Crippen LogP contribution < -0.4 is 0 Å². The number of aromatic amines is 2. The number of para-hydroxylation sites is 1. The van der Waals surface area contributed by atoms with Crippen LogP contribution in [0.5, 0.6) is 0 Å². The summed E-state index contributed by atoms with van der Waals surface area (Å²) in [4.78, 5) is 17.3. The van der Waals surface area contributed by atoms with Crippen molar-refractivity contribution in [3.63, 3.8) is 0 Å². The molecule has 21 heavy (non-hydrogen) atoms. The van der Waals surface area contributed by atoms with Gasteiger partial charge in [0, 0.05) is 30.4 Å². The number of likely N-dealkylation sites (N-methyl/N-ethyl adjacent to an activating group) is 1. The number of benzene rings is 1. The van der Waals surface area contributed by atoms with Gasteiger partial charge < -0.3 is 9.88 Å². The molecule has 108 valence electrons. The van der Waals surface area contributed by atoms with Gasteiger partial charge in [0.2, 0.25) is 0 Å². The number of nitrogens with one attached hydrogen (secondary N) is 2. The van der Waals surface area contributed by atoms with E-state index in [-0.39, 0.29) is 11.8 Å².